The Morgan fingerprint density at radius 2 is 1.86 bits per heavy atom. The van der Waals surface area contributed by atoms with Crippen LogP contribution >= 0.6 is 0 Å². The third kappa shape index (κ3) is 2.18. The number of fused-ring (bicyclic) bond motifs is 1. The lowest BCUT2D eigenvalue weighted by Crippen LogP contribution is -2.10. The van der Waals surface area contributed by atoms with Gasteiger partial charge in [-0.05, 0) is 6.07 Å². The van der Waals surface area contributed by atoms with E-state index in [0.717, 1.165) is 6.07 Å². The average Bonchev–Trinajstić information content (AvgIpc) is 2.75. The fraction of sp³-hybridized carbons (Fsp3) is 0.167. The number of nitrogens with zero attached hydrogens (tertiary/aromatic N) is 5. The van der Waals surface area contributed by atoms with E-state index in [2.05, 4.69) is 20.1 Å². The van der Waals surface area contributed by atoms with E-state index >= 15 is 0 Å². The molecule has 7 nitrogen and oxygen atoms in total. The number of rotatable bonds is 1. The van der Waals surface area contributed by atoms with Crippen LogP contribution < -0.4 is 11.5 Å². The molecule has 3 aromatic rings. The summed E-state index contributed by atoms with van der Waals surface area (Å²) < 4.78 is 40.2. The first-order valence-electron chi connectivity index (χ1n) is 6.05. The molecule has 3 rings (SSSR count). The van der Waals surface area contributed by atoms with Crippen LogP contribution in [-0.2, 0) is 13.2 Å². The van der Waals surface area contributed by atoms with Gasteiger partial charge in [0.25, 0.3) is 0 Å². The van der Waals surface area contributed by atoms with Crippen molar-refractivity contribution in [1.82, 2.24) is 24.7 Å². The highest BCUT2D eigenvalue weighted by atomic mass is 19.4. The molecule has 0 aliphatic rings. The fourth-order valence-electron chi connectivity index (χ4n) is 2.10. The average molecular weight is 309 g/mol. The highest BCUT2D eigenvalue weighted by Gasteiger charge is 2.34. The molecule has 0 spiro atoms. The Balaban J connectivity index is 2.24. The van der Waals surface area contributed by atoms with E-state index in [1.807, 2.05) is 0 Å². The van der Waals surface area contributed by atoms with Crippen LogP contribution in [0.15, 0.2) is 18.5 Å². The van der Waals surface area contributed by atoms with E-state index in [1.54, 1.807) is 7.05 Å². The van der Waals surface area contributed by atoms with Gasteiger partial charge in [0.05, 0.1) is 10.9 Å². The lowest BCUT2D eigenvalue weighted by molar-refractivity contribution is -0.137. The molecule has 22 heavy (non-hydrogen) atoms. The van der Waals surface area contributed by atoms with Gasteiger partial charge >= 0.3 is 6.18 Å². The Morgan fingerprint density at radius 3 is 2.55 bits per heavy atom. The minimum atomic E-state index is -4.60. The maximum absolute atomic E-state index is 12.9. The Labute approximate surface area is 121 Å². The summed E-state index contributed by atoms with van der Waals surface area (Å²) in [6.45, 7) is 0. The van der Waals surface area contributed by atoms with Gasteiger partial charge in [-0.2, -0.15) is 23.3 Å². The first kappa shape index (κ1) is 14.0. The number of aryl methyl sites for hydroxylation is 1. The van der Waals surface area contributed by atoms with Gasteiger partial charge in [0.15, 0.2) is 5.65 Å². The molecule has 0 amide bonds. The van der Waals surface area contributed by atoms with Gasteiger partial charge < -0.3 is 11.5 Å². The Bertz CT molecular complexity index is 869. The Morgan fingerprint density at radius 1 is 1.14 bits per heavy atom. The molecule has 3 heterocycles. The highest BCUT2D eigenvalue weighted by Crippen LogP contribution is 2.36. The molecule has 114 valence electrons. The van der Waals surface area contributed by atoms with Gasteiger partial charge in [-0.25, -0.2) is 14.6 Å². The second-order valence-corrected chi connectivity index (χ2v) is 4.59. The number of nitrogen functional groups attached to an aromatic ring is 2. The number of hydrogen-bond donors (Lipinski definition) is 2. The summed E-state index contributed by atoms with van der Waals surface area (Å²) in [5.74, 6) is -0.537. The van der Waals surface area contributed by atoms with Gasteiger partial charge in [0.1, 0.15) is 11.5 Å². The highest BCUT2D eigenvalue weighted by molar-refractivity contribution is 5.91. The van der Waals surface area contributed by atoms with Crippen LogP contribution in [0.2, 0.25) is 0 Å². The van der Waals surface area contributed by atoms with Crippen LogP contribution in [0.4, 0.5) is 24.9 Å². The van der Waals surface area contributed by atoms with Gasteiger partial charge in [-0.15, -0.1) is 0 Å². The summed E-state index contributed by atoms with van der Waals surface area (Å²) >= 11 is 0. The zero-order chi connectivity index (χ0) is 16.1. The molecule has 0 saturated carbocycles. The molecule has 0 aliphatic carbocycles. The number of pyridine rings is 1. The molecule has 0 aliphatic heterocycles. The smallest absolute Gasteiger partial charge is 0.383 e. The first-order chi connectivity index (χ1) is 10.3. The van der Waals surface area contributed by atoms with Gasteiger partial charge in [0.2, 0.25) is 5.95 Å². The normalized spacial score (nSPS) is 12.0. The van der Waals surface area contributed by atoms with Crippen molar-refractivity contribution in [3.8, 4) is 11.3 Å². The van der Waals surface area contributed by atoms with E-state index in [0.29, 0.717) is 11.0 Å². The molecule has 10 heteroatoms. The van der Waals surface area contributed by atoms with E-state index in [9.17, 15) is 13.2 Å². The summed E-state index contributed by atoms with van der Waals surface area (Å²) in [7, 11) is 1.60. The molecule has 0 fully saturated rings. The van der Waals surface area contributed by atoms with E-state index in [-0.39, 0.29) is 17.2 Å². The molecular formula is C12H10F3N7. The number of anilines is 2. The van der Waals surface area contributed by atoms with Crippen molar-refractivity contribution in [3.63, 3.8) is 0 Å². The lowest BCUT2D eigenvalue weighted by Gasteiger charge is -2.10. The summed E-state index contributed by atoms with van der Waals surface area (Å²) in [5.41, 5.74) is 10.6. The van der Waals surface area contributed by atoms with Crippen LogP contribution in [-0.4, -0.2) is 24.7 Å². The van der Waals surface area contributed by atoms with Crippen molar-refractivity contribution in [2.24, 2.45) is 7.05 Å². The largest absolute Gasteiger partial charge is 0.419 e. The molecule has 0 bridgehead atoms. The summed E-state index contributed by atoms with van der Waals surface area (Å²) in [4.78, 5) is 11.5. The van der Waals surface area contributed by atoms with Gasteiger partial charge in [-0.1, -0.05) is 0 Å². The Hall–Kier alpha value is -2.91. The zero-order valence-corrected chi connectivity index (χ0v) is 11.3. The molecular weight excluding hydrogens is 299 g/mol. The second-order valence-electron chi connectivity index (χ2n) is 4.59. The predicted molar refractivity (Wildman–Crippen MR) is 73.4 cm³/mol. The molecule has 0 radical (unpaired) electrons. The zero-order valence-electron chi connectivity index (χ0n) is 11.3. The SMILES string of the molecule is Cn1nc(-c2cnc(N)c(C(F)(F)F)c2)c2cnc(N)nc21. The third-order valence-electron chi connectivity index (χ3n) is 3.10. The fourth-order valence-corrected chi connectivity index (χ4v) is 2.10. The summed E-state index contributed by atoms with van der Waals surface area (Å²) in [5, 5.41) is 4.63. The number of halogens is 3. The monoisotopic (exact) mass is 309 g/mol. The molecule has 0 saturated heterocycles. The van der Waals surface area contributed by atoms with Crippen LogP contribution in [0.5, 0.6) is 0 Å². The van der Waals surface area contributed by atoms with Crippen LogP contribution in [0.3, 0.4) is 0 Å². The number of nitrogens with two attached hydrogens (primary N) is 2. The van der Waals surface area contributed by atoms with Crippen molar-refractivity contribution in [3.05, 3.63) is 24.0 Å². The quantitative estimate of drug-likeness (QED) is 0.707. The number of hydrogen-bond acceptors (Lipinski definition) is 6. The summed E-state index contributed by atoms with van der Waals surface area (Å²) in [6, 6.07) is 0.903. The van der Waals surface area contributed by atoms with Crippen LogP contribution in [0.25, 0.3) is 22.3 Å². The Kier molecular flexibility index (Phi) is 2.90. The maximum atomic E-state index is 12.9. The van der Waals surface area contributed by atoms with Crippen LogP contribution in [0.1, 0.15) is 5.56 Å². The topological polar surface area (TPSA) is 109 Å². The van der Waals surface area contributed by atoms with Crippen molar-refractivity contribution in [2.45, 2.75) is 6.18 Å². The van der Waals surface area contributed by atoms with Gasteiger partial charge in [-0.3, -0.25) is 0 Å². The first-order valence-corrected chi connectivity index (χ1v) is 6.05. The molecule has 0 atom stereocenters. The minimum Gasteiger partial charge on any atom is -0.383 e. The van der Waals surface area contributed by atoms with E-state index in [1.165, 1.54) is 17.1 Å². The van der Waals surface area contributed by atoms with Gasteiger partial charge in [0, 0.05) is 25.0 Å². The number of alkyl halides is 3. The number of aromatic nitrogens is 5. The van der Waals surface area contributed by atoms with Crippen molar-refractivity contribution < 1.29 is 13.2 Å². The van der Waals surface area contributed by atoms with E-state index < -0.39 is 17.6 Å². The molecule has 4 N–H and O–H groups in total. The van der Waals surface area contributed by atoms with Crippen molar-refractivity contribution in [1.29, 1.82) is 0 Å². The van der Waals surface area contributed by atoms with Crippen molar-refractivity contribution in [2.75, 3.05) is 11.5 Å². The van der Waals surface area contributed by atoms with Crippen molar-refractivity contribution >= 4 is 22.8 Å². The molecule has 0 aromatic carbocycles. The summed E-state index contributed by atoms with van der Waals surface area (Å²) in [6.07, 6.45) is -1.97. The van der Waals surface area contributed by atoms with Crippen LogP contribution in [0, 0.1) is 0 Å². The minimum absolute atomic E-state index is 0.0495. The predicted octanol–water partition coefficient (Wildman–Crippen LogP) is 1.61. The maximum Gasteiger partial charge on any atom is 0.419 e. The third-order valence-corrected chi connectivity index (χ3v) is 3.10. The second kappa shape index (κ2) is 4.55. The lowest BCUT2D eigenvalue weighted by atomic mass is 10.1. The molecule has 3 aromatic heterocycles. The molecule has 0 unspecified atom stereocenters. The standard InChI is InChI=1S/C12H10F3N7/c1-22-10-6(4-19-11(17)20-10)8(21-22)5-2-7(12(13,14)15)9(16)18-3-5/h2-4H,1H3,(H2,16,18)(H2,17,19,20). The van der Waals surface area contributed by atoms with E-state index in [4.69, 9.17) is 11.5 Å².